The molecule has 0 bridgehead atoms. The van der Waals surface area contributed by atoms with Gasteiger partial charge >= 0.3 is 0 Å². The van der Waals surface area contributed by atoms with Gasteiger partial charge in [0.25, 0.3) is 0 Å². The molecule has 50 valence electrons. The van der Waals surface area contributed by atoms with Crippen molar-refractivity contribution in [3.8, 4) is 12.3 Å². The number of nitrogens with zero attached hydrogens (tertiary/aromatic N) is 1. The molecule has 0 aliphatic heterocycles. The molecule has 0 N–H and O–H groups in total. The summed E-state index contributed by atoms with van der Waals surface area (Å²) in [4.78, 5) is 3.29. The average molecular weight is 156 g/mol. The first-order valence-electron chi connectivity index (χ1n) is 2.51. The molecule has 0 fully saturated rings. The second-order valence-electron chi connectivity index (χ2n) is 1.63. The standard InChI is InChI=1S/C7H3ClFN/c1-2-5-3-7(9)10-4-6(5)8/h1,3-4H. The van der Waals surface area contributed by atoms with Crippen molar-refractivity contribution in [1.82, 2.24) is 4.98 Å². The fraction of sp³-hybridized carbons (Fsp3) is 0. The van der Waals surface area contributed by atoms with Crippen LogP contribution < -0.4 is 0 Å². The maximum atomic E-state index is 12.3. The second kappa shape index (κ2) is 2.68. The van der Waals surface area contributed by atoms with Crippen LogP contribution in [-0.4, -0.2) is 4.98 Å². The molecule has 0 atom stereocenters. The van der Waals surface area contributed by atoms with E-state index in [0.717, 1.165) is 6.07 Å². The molecule has 0 aromatic carbocycles. The van der Waals surface area contributed by atoms with Crippen LogP contribution in [0.2, 0.25) is 5.02 Å². The molecule has 0 saturated carbocycles. The molecule has 1 aromatic heterocycles. The summed E-state index contributed by atoms with van der Waals surface area (Å²) in [5.74, 6) is 1.61. The first-order chi connectivity index (χ1) is 4.74. The lowest BCUT2D eigenvalue weighted by Gasteiger charge is -1.92. The van der Waals surface area contributed by atoms with E-state index in [9.17, 15) is 4.39 Å². The first-order valence-corrected chi connectivity index (χ1v) is 2.89. The minimum Gasteiger partial charge on any atom is -0.227 e. The van der Waals surface area contributed by atoms with Gasteiger partial charge in [0, 0.05) is 17.8 Å². The van der Waals surface area contributed by atoms with Gasteiger partial charge in [-0.25, -0.2) is 4.98 Å². The van der Waals surface area contributed by atoms with E-state index >= 15 is 0 Å². The Morgan fingerprint density at radius 3 is 2.90 bits per heavy atom. The van der Waals surface area contributed by atoms with Crippen LogP contribution in [0.5, 0.6) is 0 Å². The van der Waals surface area contributed by atoms with E-state index in [2.05, 4.69) is 10.9 Å². The quantitative estimate of drug-likeness (QED) is 0.412. The van der Waals surface area contributed by atoms with Crippen LogP contribution in [-0.2, 0) is 0 Å². The number of hydrogen-bond acceptors (Lipinski definition) is 1. The minimum absolute atomic E-state index is 0.295. The van der Waals surface area contributed by atoms with Crippen molar-refractivity contribution in [2.45, 2.75) is 0 Å². The highest BCUT2D eigenvalue weighted by molar-refractivity contribution is 6.31. The third-order valence-corrected chi connectivity index (χ3v) is 1.28. The molecule has 0 amide bonds. The summed E-state index contributed by atoms with van der Waals surface area (Å²) in [6.45, 7) is 0. The first kappa shape index (κ1) is 7.04. The summed E-state index contributed by atoms with van der Waals surface area (Å²) in [6, 6.07) is 1.11. The van der Waals surface area contributed by atoms with Crippen LogP contribution in [0.1, 0.15) is 5.56 Å². The molecule has 0 saturated heterocycles. The van der Waals surface area contributed by atoms with Crippen LogP contribution in [0, 0.1) is 18.3 Å². The van der Waals surface area contributed by atoms with Gasteiger partial charge in [0.05, 0.1) is 5.02 Å². The smallest absolute Gasteiger partial charge is 0.214 e. The lowest BCUT2D eigenvalue weighted by Crippen LogP contribution is -1.84. The number of aromatic nitrogens is 1. The van der Waals surface area contributed by atoms with Crippen LogP contribution in [0.3, 0.4) is 0 Å². The van der Waals surface area contributed by atoms with Crippen molar-refractivity contribution in [3.63, 3.8) is 0 Å². The maximum Gasteiger partial charge on any atom is 0.214 e. The summed E-state index contributed by atoms with van der Waals surface area (Å²) < 4.78 is 12.3. The Labute approximate surface area is 62.8 Å². The van der Waals surface area contributed by atoms with Crippen molar-refractivity contribution in [2.24, 2.45) is 0 Å². The lowest BCUT2D eigenvalue weighted by atomic mass is 10.3. The number of hydrogen-bond donors (Lipinski definition) is 0. The summed E-state index contributed by atoms with van der Waals surface area (Å²) in [7, 11) is 0. The summed E-state index contributed by atoms with van der Waals surface area (Å²) in [5.41, 5.74) is 0.328. The molecule has 10 heavy (non-hydrogen) atoms. The van der Waals surface area contributed by atoms with E-state index in [-0.39, 0.29) is 0 Å². The van der Waals surface area contributed by atoms with Crippen molar-refractivity contribution >= 4 is 11.6 Å². The number of terminal acetylenes is 1. The Hall–Kier alpha value is -1.07. The molecule has 3 heteroatoms. The number of halogens is 2. The molecule has 1 heterocycles. The Morgan fingerprint density at radius 1 is 1.70 bits per heavy atom. The molecule has 1 aromatic rings. The molecule has 1 rings (SSSR count). The maximum absolute atomic E-state index is 12.3. The third-order valence-electron chi connectivity index (χ3n) is 0.977. The van der Waals surface area contributed by atoms with Crippen LogP contribution in [0.4, 0.5) is 4.39 Å². The van der Waals surface area contributed by atoms with E-state index < -0.39 is 5.95 Å². The van der Waals surface area contributed by atoms with Crippen molar-refractivity contribution in [1.29, 1.82) is 0 Å². The zero-order valence-corrected chi connectivity index (χ0v) is 5.69. The number of rotatable bonds is 0. The molecular weight excluding hydrogens is 153 g/mol. The average Bonchev–Trinajstić information content (AvgIpc) is 1.94. The monoisotopic (exact) mass is 155 g/mol. The zero-order valence-electron chi connectivity index (χ0n) is 4.94. The van der Waals surface area contributed by atoms with Gasteiger partial charge in [-0.05, 0) is 0 Å². The van der Waals surface area contributed by atoms with Gasteiger partial charge in [-0.1, -0.05) is 17.5 Å². The molecule has 0 aliphatic rings. The topological polar surface area (TPSA) is 12.9 Å². The van der Waals surface area contributed by atoms with Gasteiger partial charge in [-0.2, -0.15) is 4.39 Å². The predicted molar refractivity (Wildman–Crippen MR) is 37.1 cm³/mol. The third kappa shape index (κ3) is 1.26. The van der Waals surface area contributed by atoms with Gasteiger partial charge in [0.1, 0.15) is 0 Å². The van der Waals surface area contributed by atoms with Crippen molar-refractivity contribution in [3.05, 3.63) is 28.8 Å². The number of pyridine rings is 1. The molecule has 0 radical (unpaired) electrons. The second-order valence-corrected chi connectivity index (χ2v) is 2.04. The van der Waals surface area contributed by atoms with Crippen LogP contribution in [0.25, 0.3) is 0 Å². The predicted octanol–water partition coefficient (Wildman–Crippen LogP) is 1.86. The summed E-state index contributed by atoms with van der Waals surface area (Å²) in [5, 5.41) is 0.295. The largest absolute Gasteiger partial charge is 0.227 e. The van der Waals surface area contributed by atoms with E-state index in [1.165, 1.54) is 6.20 Å². The van der Waals surface area contributed by atoms with Gasteiger partial charge in [-0.3, -0.25) is 0 Å². The Balaban J connectivity index is 3.25. The fourth-order valence-electron chi connectivity index (χ4n) is 0.524. The van der Waals surface area contributed by atoms with Crippen molar-refractivity contribution in [2.75, 3.05) is 0 Å². The molecule has 0 spiro atoms. The normalized spacial score (nSPS) is 8.90. The van der Waals surface area contributed by atoms with Gasteiger partial charge in [0.15, 0.2) is 0 Å². The lowest BCUT2D eigenvalue weighted by molar-refractivity contribution is 0.583. The van der Waals surface area contributed by atoms with Crippen LogP contribution in [0.15, 0.2) is 12.3 Å². The van der Waals surface area contributed by atoms with E-state index in [4.69, 9.17) is 18.0 Å². The van der Waals surface area contributed by atoms with E-state index in [1.54, 1.807) is 0 Å². The van der Waals surface area contributed by atoms with E-state index in [0.29, 0.717) is 10.6 Å². The summed E-state index contributed by atoms with van der Waals surface area (Å²) >= 11 is 5.52. The fourth-order valence-corrected chi connectivity index (χ4v) is 0.682. The zero-order chi connectivity index (χ0) is 7.56. The SMILES string of the molecule is C#Cc1cc(F)ncc1Cl. The minimum atomic E-state index is -0.614. The Bertz CT molecular complexity index is 290. The van der Waals surface area contributed by atoms with Gasteiger partial charge in [0.2, 0.25) is 5.95 Å². The highest BCUT2D eigenvalue weighted by Crippen LogP contribution is 2.12. The molecule has 0 aliphatic carbocycles. The highest BCUT2D eigenvalue weighted by Gasteiger charge is 1.98. The van der Waals surface area contributed by atoms with Crippen LogP contribution >= 0.6 is 11.6 Å². The highest BCUT2D eigenvalue weighted by atomic mass is 35.5. The van der Waals surface area contributed by atoms with Crippen molar-refractivity contribution < 1.29 is 4.39 Å². The molecule has 0 unspecified atom stereocenters. The Morgan fingerprint density at radius 2 is 2.40 bits per heavy atom. The summed E-state index contributed by atoms with van der Waals surface area (Å²) in [6.07, 6.45) is 6.18. The molecular formula is C7H3ClFN. The Kier molecular flexibility index (Phi) is 1.88. The van der Waals surface area contributed by atoms with Gasteiger partial charge < -0.3 is 0 Å². The van der Waals surface area contributed by atoms with Gasteiger partial charge in [-0.15, -0.1) is 6.42 Å². The molecule has 1 nitrogen and oxygen atoms in total. The van der Waals surface area contributed by atoms with E-state index in [1.807, 2.05) is 0 Å².